The minimum Gasteiger partial charge on any atom is -0.489 e. The number of hydrogen-bond acceptors (Lipinski definition) is 3. The van der Waals surface area contributed by atoms with Crippen LogP contribution in [-0.2, 0) is 4.79 Å². The number of nitrogens with one attached hydrogen (secondary N) is 2. The number of hydrogen-bond donors (Lipinski definition) is 2. The molecule has 0 aliphatic rings. The summed E-state index contributed by atoms with van der Waals surface area (Å²) in [4.78, 5) is 17.9. The Balaban J connectivity index is 2.32. The van der Waals surface area contributed by atoms with E-state index in [4.69, 9.17) is 4.74 Å². The summed E-state index contributed by atoms with van der Waals surface area (Å²) in [5.41, 5.74) is -0.400. The van der Waals surface area contributed by atoms with E-state index in [1.165, 1.54) is 6.07 Å². The molecule has 0 spiro atoms. The van der Waals surface area contributed by atoms with Crippen LogP contribution in [0.1, 0.15) is 20.8 Å². The molecule has 0 bridgehead atoms. The van der Waals surface area contributed by atoms with Crippen molar-refractivity contribution < 1.29 is 13.9 Å². The molecule has 0 aromatic heterocycles. The van der Waals surface area contributed by atoms with Crippen LogP contribution in [0.3, 0.4) is 0 Å². The van der Waals surface area contributed by atoms with Crippen LogP contribution in [0, 0.1) is 11.2 Å². The Morgan fingerprint density at radius 3 is 2.48 bits per heavy atom. The second-order valence-electron chi connectivity index (χ2n) is 6.68. The number of guanidine groups is 1. The highest BCUT2D eigenvalue weighted by molar-refractivity contribution is 5.81. The van der Waals surface area contributed by atoms with E-state index in [0.717, 1.165) is 0 Å². The molecule has 0 saturated heterocycles. The third kappa shape index (κ3) is 7.41. The fourth-order valence-electron chi connectivity index (χ4n) is 1.96. The Labute approximate surface area is 149 Å². The largest absolute Gasteiger partial charge is 0.489 e. The molecule has 6 nitrogen and oxygen atoms in total. The van der Waals surface area contributed by atoms with Gasteiger partial charge in [-0.25, -0.2) is 4.39 Å². The van der Waals surface area contributed by atoms with E-state index < -0.39 is 5.41 Å². The van der Waals surface area contributed by atoms with E-state index in [9.17, 15) is 9.18 Å². The Morgan fingerprint density at radius 2 is 1.88 bits per heavy atom. The molecular formula is C18H29FN4O2. The van der Waals surface area contributed by atoms with Gasteiger partial charge in [0.2, 0.25) is 5.91 Å². The van der Waals surface area contributed by atoms with Crippen molar-refractivity contribution in [1.29, 1.82) is 0 Å². The smallest absolute Gasteiger partial charge is 0.225 e. The number of amides is 1. The van der Waals surface area contributed by atoms with Crippen LogP contribution in [0.5, 0.6) is 5.75 Å². The van der Waals surface area contributed by atoms with Crippen molar-refractivity contribution in [2.75, 3.05) is 40.3 Å². The first-order valence-corrected chi connectivity index (χ1v) is 8.33. The molecule has 0 aliphatic carbocycles. The predicted octanol–water partition coefficient (Wildman–Crippen LogP) is 1.87. The Hall–Kier alpha value is -2.31. The molecule has 0 aliphatic heterocycles. The maximum Gasteiger partial charge on any atom is 0.225 e. The van der Waals surface area contributed by atoms with E-state index in [2.05, 4.69) is 15.6 Å². The van der Waals surface area contributed by atoms with Gasteiger partial charge < -0.3 is 20.3 Å². The molecule has 0 radical (unpaired) electrons. The summed E-state index contributed by atoms with van der Waals surface area (Å²) < 4.78 is 18.9. The summed E-state index contributed by atoms with van der Waals surface area (Å²) in [5.74, 6) is 0.559. The number of aliphatic imine (C=N–C) groups is 1. The van der Waals surface area contributed by atoms with Gasteiger partial charge in [-0.1, -0.05) is 32.9 Å². The maximum atomic E-state index is 13.5. The zero-order chi connectivity index (χ0) is 18.9. The number of rotatable bonds is 7. The zero-order valence-electron chi connectivity index (χ0n) is 15.7. The molecule has 1 aromatic carbocycles. The highest BCUT2D eigenvalue weighted by Crippen LogP contribution is 2.15. The number of ether oxygens (including phenoxy) is 1. The van der Waals surface area contributed by atoms with Gasteiger partial charge in [0, 0.05) is 32.6 Å². The zero-order valence-corrected chi connectivity index (χ0v) is 15.7. The summed E-state index contributed by atoms with van der Waals surface area (Å²) in [6, 6.07) is 6.32. The molecule has 1 rings (SSSR count). The second-order valence-corrected chi connectivity index (χ2v) is 6.68. The van der Waals surface area contributed by atoms with Crippen molar-refractivity contribution >= 4 is 11.9 Å². The van der Waals surface area contributed by atoms with Crippen LogP contribution in [0.4, 0.5) is 4.39 Å². The number of carbonyl (C=O) groups excluding carboxylic acids is 1. The van der Waals surface area contributed by atoms with Gasteiger partial charge in [-0.15, -0.1) is 0 Å². The maximum absolute atomic E-state index is 13.5. The van der Waals surface area contributed by atoms with Gasteiger partial charge in [0.1, 0.15) is 6.61 Å². The fraction of sp³-hybridized carbons (Fsp3) is 0.556. The van der Waals surface area contributed by atoms with Gasteiger partial charge in [-0.2, -0.15) is 0 Å². The molecule has 0 saturated carbocycles. The van der Waals surface area contributed by atoms with E-state index in [0.29, 0.717) is 32.2 Å². The van der Waals surface area contributed by atoms with E-state index in [1.807, 2.05) is 32.7 Å². The molecule has 1 aromatic rings. The molecule has 0 fully saturated rings. The molecule has 7 heteroatoms. The minimum absolute atomic E-state index is 0.0101. The number of carbonyl (C=O) groups is 1. The Kier molecular flexibility index (Phi) is 8.18. The molecule has 2 N–H and O–H groups in total. The lowest BCUT2D eigenvalue weighted by Gasteiger charge is -2.23. The SMILES string of the molecule is CN=C(NCCNC(=O)C(C)(C)C)N(C)CCOc1ccccc1F. The standard InChI is InChI=1S/C18H29FN4O2/c1-18(2,3)16(24)21-10-11-22-17(20-4)23(5)12-13-25-15-9-7-6-8-14(15)19/h6-9H,10-13H2,1-5H3,(H,20,22)(H,21,24). The molecular weight excluding hydrogens is 323 g/mol. The monoisotopic (exact) mass is 352 g/mol. The summed E-state index contributed by atoms with van der Waals surface area (Å²) in [6.07, 6.45) is 0. The first-order chi connectivity index (χ1) is 11.8. The van der Waals surface area contributed by atoms with Crippen LogP contribution in [0.25, 0.3) is 0 Å². The van der Waals surface area contributed by atoms with Crippen LogP contribution in [-0.4, -0.2) is 57.1 Å². The fourth-order valence-corrected chi connectivity index (χ4v) is 1.96. The minimum atomic E-state index is -0.400. The average Bonchev–Trinajstić information content (AvgIpc) is 2.55. The number of para-hydroxylation sites is 1. The van der Waals surface area contributed by atoms with Crippen molar-refractivity contribution in [2.45, 2.75) is 20.8 Å². The second kappa shape index (κ2) is 9.86. The number of likely N-dealkylation sites (N-methyl/N-ethyl adjacent to an activating group) is 1. The molecule has 0 atom stereocenters. The molecule has 1 amide bonds. The van der Waals surface area contributed by atoms with E-state index in [1.54, 1.807) is 25.2 Å². The number of nitrogens with zero attached hydrogens (tertiary/aromatic N) is 2. The number of halogens is 1. The predicted molar refractivity (Wildman–Crippen MR) is 98.4 cm³/mol. The van der Waals surface area contributed by atoms with Gasteiger partial charge >= 0.3 is 0 Å². The Morgan fingerprint density at radius 1 is 1.24 bits per heavy atom. The average molecular weight is 352 g/mol. The van der Waals surface area contributed by atoms with E-state index in [-0.39, 0.29) is 17.5 Å². The lowest BCUT2D eigenvalue weighted by Crippen LogP contribution is -2.45. The summed E-state index contributed by atoms with van der Waals surface area (Å²) in [6.45, 7) is 7.57. The number of benzene rings is 1. The van der Waals surface area contributed by atoms with Crippen molar-refractivity contribution in [3.63, 3.8) is 0 Å². The Bertz CT molecular complexity index is 585. The van der Waals surface area contributed by atoms with Gasteiger partial charge in [0.15, 0.2) is 17.5 Å². The van der Waals surface area contributed by atoms with Crippen molar-refractivity contribution in [3.8, 4) is 5.75 Å². The van der Waals surface area contributed by atoms with Crippen molar-refractivity contribution in [2.24, 2.45) is 10.4 Å². The van der Waals surface area contributed by atoms with Gasteiger partial charge in [-0.3, -0.25) is 9.79 Å². The highest BCUT2D eigenvalue weighted by Gasteiger charge is 2.20. The van der Waals surface area contributed by atoms with Gasteiger partial charge in [-0.05, 0) is 12.1 Å². The van der Waals surface area contributed by atoms with Gasteiger partial charge in [0.25, 0.3) is 0 Å². The van der Waals surface area contributed by atoms with Crippen LogP contribution >= 0.6 is 0 Å². The third-order valence-corrected chi connectivity index (χ3v) is 3.47. The van der Waals surface area contributed by atoms with Crippen molar-refractivity contribution in [3.05, 3.63) is 30.1 Å². The molecule has 25 heavy (non-hydrogen) atoms. The third-order valence-electron chi connectivity index (χ3n) is 3.47. The lowest BCUT2D eigenvalue weighted by molar-refractivity contribution is -0.128. The van der Waals surface area contributed by atoms with Crippen molar-refractivity contribution in [1.82, 2.24) is 15.5 Å². The summed E-state index contributed by atoms with van der Waals surface area (Å²) >= 11 is 0. The lowest BCUT2D eigenvalue weighted by atomic mass is 9.96. The van der Waals surface area contributed by atoms with Gasteiger partial charge in [0.05, 0.1) is 6.54 Å². The topological polar surface area (TPSA) is 66.0 Å². The molecule has 140 valence electrons. The summed E-state index contributed by atoms with van der Waals surface area (Å²) in [5, 5.41) is 6.04. The normalized spacial score (nSPS) is 11.8. The first kappa shape index (κ1) is 20.7. The van der Waals surface area contributed by atoms with Crippen LogP contribution in [0.2, 0.25) is 0 Å². The summed E-state index contributed by atoms with van der Waals surface area (Å²) in [7, 11) is 3.55. The van der Waals surface area contributed by atoms with Crippen LogP contribution < -0.4 is 15.4 Å². The molecule has 0 unspecified atom stereocenters. The quantitative estimate of drug-likeness (QED) is 0.447. The molecule has 0 heterocycles. The van der Waals surface area contributed by atoms with E-state index >= 15 is 0 Å². The van der Waals surface area contributed by atoms with Crippen LogP contribution in [0.15, 0.2) is 29.3 Å². The first-order valence-electron chi connectivity index (χ1n) is 8.33. The highest BCUT2D eigenvalue weighted by atomic mass is 19.1.